The maximum atomic E-state index is 13.3. The van der Waals surface area contributed by atoms with Crippen molar-refractivity contribution in [3.63, 3.8) is 0 Å². The van der Waals surface area contributed by atoms with Gasteiger partial charge in [0.05, 0.1) is 16.3 Å². The van der Waals surface area contributed by atoms with Crippen LogP contribution in [-0.2, 0) is 14.8 Å². The van der Waals surface area contributed by atoms with Gasteiger partial charge in [-0.05, 0) is 51.4 Å². The summed E-state index contributed by atoms with van der Waals surface area (Å²) in [5.74, 6) is -0.381. The lowest BCUT2D eigenvalue weighted by Crippen LogP contribution is -2.49. The number of likely N-dealkylation sites (N-methyl/N-ethyl adjacent to an activating group) is 1. The standard InChI is InChI=1S/C23H37N7O3S/c1-4-27-12-14-28(15-13-27)11-9-24-23(31)19-6-5-10-29(17-19)34(32,33)20-7-8-22-21(16-20)25-26-30(22)18(2)3/h7-8,16,18-19H,4-6,9-15,17H2,1-3H3,(H,24,31)/t19-/m1/s1. The number of carbonyl (C=O) groups is 1. The first-order valence-electron chi connectivity index (χ1n) is 12.4. The van der Waals surface area contributed by atoms with E-state index in [1.165, 1.54) is 4.31 Å². The molecule has 1 N–H and O–H groups in total. The number of sulfonamides is 1. The van der Waals surface area contributed by atoms with Crippen molar-refractivity contribution >= 4 is 27.0 Å². The predicted molar refractivity (Wildman–Crippen MR) is 131 cm³/mol. The summed E-state index contributed by atoms with van der Waals surface area (Å²) >= 11 is 0. The summed E-state index contributed by atoms with van der Waals surface area (Å²) in [6.45, 7) is 13.5. The summed E-state index contributed by atoms with van der Waals surface area (Å²) in [7, 11) is -3.71. The second kappa shape index (κ2) is 10.7. The summed E-state index contributed by atoms with van der Waals surface area (Å²) in [6, 6.07) is 5.09. The molecule has 11 heteroatoms. The van der Waals surface area contributed by atoms with Crippen molar-refractivity contribution in [1.29, 1.82) is 0 Å². The zero-order valence-electron chi connectivity index (χ0n) is 20.5. The second-order valence-electron chi connectivity index (χ2n) is 9.55. The number of amides is 1. The van der Waals surface area contributed by atoms with Gasteiger partial charge in [0.2, 0.25) is 15.9 Å². The molecular formula is C23H37N7O3S. The van der Waals surface area contributed by atoms with Crippen LogP contribution in [0.5, 0.6) is 0 Å². The SMILES string of the molecule is CCN1CCN(CCNC(=O)[C@@H]2CCCN(S(=O)(=O)c3ccc4c(c3)nnn4C(C)C)C2)CC1. The monoisotopic (exact) mass is 491 g/mol. The van der Waals surface area contributed by atoms with Crippen molar-refractivity contribution in [2.24, 2.45) is 5.92 Å². The molecule has 4 rings (SSSR count). The van der Waals surface area contributed by atoms with Crippen LogP contribution in [0.3, 0.4) is 0 Å². The van der Waals surface area contributed by atoms with E-state index in [-0.39, 0.29) is 29.3 Å². The highest BCUT2D eigenvalue weighted by atomic mass is 32.2. The molecule has 0 saturated carbocycles. The van der Waals surface area contributed by atoms with E-state index in [0.717, 1.165) is 44.8 Å². The van der Waals surface area contributed by atoms with Crippen molar-refractivity contribution in [3.8, 4) is 0 Å². The lowest BCUT2D eigenvalue weighted by molar-refractivity contribution is -0.126. The van der Waals surface area contributed by atoms with Crippen LogP contribution in [0.1, 0.15) is 39.7 Å². The molecule has 0 radical (unpaired) electrons. The minimum absolute atomic E-state index is 0.0533. The Hall–Kier alpha value is -2.08. The number of fused-ring (bicyclic) bond motifs is 1. The number of carbonyl (C=O) groups excluding carboxylic acids is 1. The van der Waals surface area contributed by atoms with Gasteiger partial charge >= 0.3 is 0 Å². The van der Waals surface area contributed by atoms with E-state index in [1.54, 1.807) is 22.9 Å². The Morgan fingerprint density at radius 2 is 1.88 bits per heavy atom. The zero-order valence-corrected chi connectivity index (χ0v) is 21.3. The third kappa shape index (κ3) is 5.42. The van der Waals surface area contributed by atoms with Gasteiger partial charge in [-0.3, -0.25) is 9.69 Å². The minimum atomic E-state index is -3.71. The molecule has 2 aliphatic heterocycles. The second-order valence-corrected chi connectivity index (χ2v) is 11.5. The summed E-state index contributed by atoms with van der Waals surface area (Å²) in [5.41, 5.74) is 1.36. The van der Waals surface area contributed by atoms with Crippen molar-refractivity contribution in [2.45, 2.75) is 44.6 Å². The maximum absolute atomic E-state index is 13.3. The Labute approximate surface area is 202 Å². The number of piperazine rings is 1. The maximum Gasteiger partial charge on any atom is 0.243 e. The molecule has 2 aliphatic rings. The van der Waals surface area contributed by atoms with Gasteiger partial charge in [0.25, 0.3) is 0 Å². The lowest BCUT2D eigenvalue weighted by atomic mass is 9.99. The number of hydrogen-bond donors (Lipinski definition) is 1. The van der Waals surface area contributed by atoms with E-state index in [2.05, 4.69) is 32.4 Å². The highest BCUT2D eigenvalue weighted by Crippen LogP contribution is 2.26. The van der Waals surface area contributed by atoms with Gasteiger partial charge in [-0.2, -0.15) is 4.31 Å². The molecule has 2 saturated heterocycles. The highest BCUT2D eigenvalue weighted by Gasteiger charge is 2.33. The molecule has 2 aromatic rings. The van der Waals surface area contributed by atoms with Crippen LogP contribution in [0.15, 0.2) is 23.1 Å². The molecule has 1 aromatic heterocycles. The average Bonchev–Trinajstić information content (AvgIpc) is 3.28. The Kier molecular flexibility index (Phi) is 7.86. The Balaban J connectivity index is 1.34. The fourth-order valence-corrected chi connectivity index (χ4v) is 6.34. The third-order valence-corrected chi connectivity index (χ3v) is 8.82. The normalized spacial score (nSPS) is 21.4. The molecule has 2 fully saturated rings. The number of rotatable bonds is 8. The van der Waals surface area contributed by atoms with Crippen LogP contribution in [0, 0.1) is 5.92 Å². The average molecular weight is 492 g/mol. The van der Waals surface area contributed by atoms with Crippen molar-refractivity contribution in [2.75, 3.05) is 58.9 Å². The van der Waals surface area contributed by atoms with Crippen LogP contribution in [0.25, 0.3) is 11.0 Å². The van der Waals surface area contributed by atoms with Gasteiger partial charge in [-0.15, -0.1) is 5.10 Å². The molecular weight excluding hydrogens is 454 g/mol. The molecule has 0 aliphatic carbocycles. The fraction of sp³-hybridized carbons (Fsp3) is 0.696. The molecule has 1 aromatic carbocycles. The number of hydrogen-bond acceptors (Lipinski definition) is 7. The van der Waals surface area contributed by atoms with Gasteiger partial charge in [-0.25, -0.2) is 13.1 Å². The molecule has 34 heavy (non-hydrogen) atoms. The summed E-state index contributed by atoms with van der Waals surface area (Å²) in [4.78, 5) is 17.8. The van der Waals surface area contributed by atoms with Gasteiger partial charge in [-0.1, -0.05) is 12.1 Å². The number of benzene rings is 1. The van der Waals surface area contributed by atoms with Crippen LogP contribution >= 0.6 is 0 Å². The van der Waals surface area contributed by atoms with Crippen molar-refractivity contribution < 1.29 is 13.2 Å². The smallest absolute Gasteiger partial charge is 0.243 e. The molecule has 10 nitrogen and oxygen atoms in total. The topological polar surface area (TPSA) is 104 Å². The quantitative estimate of drug-likeness (QED) is 0.591. The first kappa shape index (κ1) is 25.0. The van der Waals surface area contributed by atoms with E-state index >= 15 is 0 Å². The number of piperidine rings is 1. The van der Waals surface area contributed by atoms with Crippen molar-refractivity contribution in [3.05, 3.63) is 18.2 Å². The fourth-order valence-electron chi connectivity index (χ4n) is 4.80. The van der Waals surface area contributed by atoms with Crippen molar-refractivity contribution in [1.82, 2.24) is 34.4 Å². The summed E-state index contributed by atoms with van der Waals surface area (Å²) in [6.07, 6.45) is 1.37. The summed E-state index contributed by atoms with van der Waals surface area (Å²) in [5, 5.41) is 11.3. The van der Waals surface area contributed by atoms with Gasteiger partial charge in [0, 0.05) is 58.4 Å². The van der Waals surface area contributed by atoms with Gasteiger partial charge < -0.3 is 10.2 Å². The summed E-state index contributed by atoms with van der Waals surface area (Å²) < 4.78 is 29.9. The largest absolute Gasteiger partial charge is 0.355 e. The Morgan fingerprint density at radius 3 is 2.59 bits per heavy atom. The Morgan fingerprint density at radius 1 is 1.15 bits per heavy atom. The molecule has 0 spiro atoms. The van der Waals surface area contributed by atoms with E-state index < -0.39 is 10.0 Å². The first-order chi connectivity index (χ1) is 16.3. The Bertz CT molecular complexity index is 1090. The van der Waals surface area contributed by atoms with E-state index in [0.29, 0.717) is 31.4 Å². The molecule has 188 valence electrons. The molecule has 1 atom stereocenters. The number of nitrogens with one attached hydrogen (secondary N) is 1. The lowest BCUT2D eigenvalue weighted by Gasteiger charge is -2.34. The van der Waals surface area contributed by atoms with Crippen LogP contribution < -0.4 is 5.32 Å². The molecule has 3 heterocycles. The van der Waals surface area contributed by atoms with Crippen LogP contribution in [-0.4, -0.2) is 102 Å². The molecule has 0 unspecified atom stereocenters. The zero-order chi connectivity index (χ0) is 24.3. The highest BCUT2D eigenvalue weighted by molar-refractivity contribution is 7.89. The number of nitrogens with zero attached hydrogens (tertiary/aromatic N) is 6. The third-order valence-electron chi connectivity index (χ3n) is 6.96. The van der Waals surface area contributed by atoms with E-state index in [9.17, 15) is 13.2 Å². The number of aromatic nitrogens is 3. The van der Waals surface area contributed by atoms with Gasteiger partial charge in [0.15, 0.2) is 0 Å². The van der Waals surface area contributed by atoms with Crippen LogP contribution in [0.2, 0.25) is 0 Å². The predicted octanol–water partition coefficient (Wildman–Crippen LogP) is 1.17. The minimum Gasteiger partial charge on any atom is -0.355 e. The first-order valence-corrected chi connectivity index (χ1v) is 13.8. The van der Waals surface area contributed by atoms with Gasteiger partial charge in [0.1, 0.15) is 5.52 Å². The molecule has 1 amide bonds. The molecule has 0 bridgehead atoms. The van der Waals surface area contributed by atoms with E-state index in [4.69, 9.17) is 0 Å². The van der Waals surface area contributed by atoms with E-state index in [1.807, 2.05) is 13.8 Å². The van der Waals surface area contributed by atoms with Crippen LogP contribution in [0.4, 0.5) is 0 Å².